The first-order valence-corrected chi connectivity index (χ1v) is 9.82. The molecule has 0 amide bonds. The summed E-state index contributed by atoms with van der Waals surface area (Å²) in [7, 11) is 1.57. The number of methoxy groups -OCH3 is 1. The largest absolute Gasteiger partial charge is 0.497 e. The van der Waals surface area contributed by atoms with Crippen molar-refractivity contribution in [2.24, 2.45) is 10.9 Å². The summed E-state index contributed by atoms with van der Waals surface area (Å²) in [6, 6.07) is 12.2. The highest BCUT2D eigenvalue weighted by Gasteiger charge is 2.48. The number of ether oxygens (including phenoxy) is 3. The van der Waals surface area contributed by atoms with Gasteiger partial charge in [0.2, 0.25) is 12.9 Å². The van der Waals surface area contributed by atoms with Crippen LogP contribution in [-0.2, 0) is 14.4 Å². The molecular weight excluding hydrogens is 404 g/mol. The van der Waals surface area contributed by atoms with E-state index in [0.29, 0.717) is 23.8 Å². The van der Waals surface area contributed by atoms with Gasteiger partial charge in [0.05, 0.1) is 32.2 Å². The van der Waals surface area contributed by atoms with Crippen LogP contribution in [0.5, 0.6) is 17.2 Å². The number of nitrogens with zero attached hydrogens (tertiary/aromatic N) is 2. The molecule has 9 nitrogen and oxygen atoms in total. The van der Waals surface area contributed by atoms with Crippen LogP contribution in [0.2, 0.25) is 0 Å². The molecule has 0 unspecified atom stereocenters. The fraction of sp³-hybridized carbons (Fsp3) is 0.364. The van der Waals surface area contributed by atoms with Crippen molar-refractivity contribution in [2.45, 2.75) is 12.0 Å². The summed E-state index contributed by atoms with van der Waals surface area (Å²) in [4.78, 5) is 32.1. The Kier molecular flexibility index (Phi) is 6.18. The SMILES string of the molecule is COc1ccc([C@@H]2[C@@H](C(=O)O)[C@H](c3ccc4c(c3)OCO4)CN2OCCN=C=O)cc1. The molecule has 0 saturated carbocycles. The van der Waals surface area contributed by atoms with Crippen molar-refractivity contribution >= 4 is 12.0 Å². The van der Waals surface area contributed by atoms with E-state index >= 15 is 0 Å². The number of isocyanates is 1. The van der Waals surface area contributed by atoms with Crippen LogP contribution in [-0.4, -0.2) is 55.8 Å². The van der Waals surface area contributed by atoms with E-state index < -0.39 is 17.9 Å². The Balaban J connectivity index is 1.68. The van der Waals surface area contributed by atoms with Gasteiger partial charge in [-0.3, -0.25) is 9.63 Å². The molecule has 0 spiro atoms. The van der Waals surface area contributed by atoms with Crippen LogP contribution < -0.4 is 14.2 Å². The third kappa shape index (κ3) is 4.25. The van der Waals surface area contributed by atoms with Crippen molar-refractivity contribution in [1.29, 1.82) is 0 Å². The van der Waals surface area contributed by atoms with Crippen molar-refractivity contribution in [3.63, 3.8) is 0 Å². The first kappa shape index (κ1) is 20.9. The zero-order chi connectivity index (χ0) is 21.8. The van der Waals surface area contributed by atoms with E-state index in [2.05, 4.69) is 4.99 Å². The standard InChI is InChI=1S/C22H22N2O7/c1-28-16-5-2-14(3-6-16)21-20(22(26)27)17(11-24(21)31-9-8-23-12-25)15-4-7-18-19(10-15)30-13-29-18/h2-7,10,17,20-21H,8-9,11,13H2,1H3,(H,26,27)/t17-,20-,21+/m0/s1. The molecule has 0 aromatic heterocycles. The quantitative estimate of drug-likeness (QED) is 0.390. The second-order valence-electron chi connectivity index (χ2n) is 7.21. The molecule has 4 rings (SSSR count). The van der Waals surface area contributed by atoms with Crippen LogP contribution in [0, 0.1) is 5.92 Å². The maximum atomic E-state index is 12.4. The summed E-state index contributed by atoms with van der Waals surface area (Å²) in [5.41, 5.74) is 1.61. The monoisotopic (exact) mass is 426 g/mol. The first-order chi connectivity index (χ1) is 15.1. The lowest BCUT2D eigenvalue weighted by molar-refractivity contribution is -0.177. The lowest BCUT2D eigenvalue weighted by Crippen LogP contribution is -2.29. The Morgan fingerprint density at radius 1 is 1.19 bits per heavy atom. The zero-order valence-electron chi connectivity index (χ0n) is 16.9. The molecule has 2 aliphatic rings. The molecule has 2 aromatic rings. The number of carboxylic acids is 1. The number of fused-ring (bicyclic) bond motifs is 1. The van der Waals surface area contributed by atoms with E-state index in [-0.39, 0.29) is 25.9 Å². The van der Waals surface area contributed by atoms with Crippen molar-refractivity contribution < 1.29 is 33.7 Å². The third-order valence-corrected chi connectivity index (χ3v) is 5.55. The number of benzene rings is 2. The molecule has 3 atom stereocenters. The summed E-state index contributed by atoms with van der Waals surface area (Å²) in [6.45, 7) is 0.773. The predicted molar refractivity (Wildman–Crippen MR) is 108 cm³/mol. The molecule has 1 saturated heterocycles. The van der Waals surface area contributed by atoms with Gasteiger partial charge in [0.15, 0.2) is 11.5 Å². The fourth-order valence-electron chi connectivity index (χ4n) is 4.14. The smallest absolute Gasteiger partial charge is 0.309 e. The minimum atomic E-state index is -0.930. The molecule has 0 radical (unpaired) electrons. The summed E-state index contributed by atoms with van der Waals surface area (Å²) in [6.07, 6.45) is 1.48. The summed E-state index contributed by atoms with van der Waals surface area (Å²) >= 11 is 0. The van der Waals surface area contributed by atoms with E-state index in [9.17, 15) is 14.7 Å². The summed E-state index contributed by atoms with van der Waals surface area (Å²) in [5.74, 6) is -0.145. The van der Waals surface area contributed by atoms with Crippen molar-refractivity contribution in [1.82, 2.24) is 5.06 Å². The van der Waals surface area contributed by atoms with E-state index in [1.54, 1.807) is 30.4 Å². The zero-order valence-corrected chi connectivity index (χ0v) is 16.9. The van der Waals surface area contributed by atoms with Gasteiger partial charge < -0.3 is 19.3 Å². The van der Waals surface area contributed by atoms with Crippen molar-refractivity contribution in [2.75, 3.05) is 33.6 Å². The Labute approximate surface area is 178 Å². The maximum absolute atomic E-state index is 12.4. The number of carbonyl (C=O) groups excluding carboxylic acids is 1. The Hall–Kier alpha value is -3.39. The van der Waals surface area contributed by atoms with Gasteiger partial charge in [0.1, 0.15) is 5.75 Å². The second-order valence-corrected chi connectivity index (χ2v) is 7.21. The van der Waals surface area contributed by atoms with Crippen LogP contribution in [0.1, 0.15) is 23.1 Å². The Bertz CT molecular complexity index is 988. The van der Waals surface area contributed by atoms with E-state index in [4.69, 9.17) is 19.0 Å². The molecule has 31 heavy (non-hydrogen) atoms. The van der Waals surface area contributed by atoms with Gasteiger partial charge in [-0.05, 0) is 35.4 Å². The molecule has 0 aliphatic carbocycles. The molecule has 2 heterocycles. The van der Waals surface area contributed by atoms with E-state index in [1.165, 1.54) is 6.08 Å². The highest BCUT2D eigenvalue weighted by molar-refractivity contribution is 5.73. The summed E-state index contributed by atoms with van der Waals surface area (Å²) in [5, 5.41) is 11.8. The molecule has 1 N–H and O–H groups in total. The van der Waals surface area contributed by atoms with E-state index in [1.807, 2.05) is 24.3 Å². The number of carboxylic acid groups (broad SMARTS) is 1. The van der Waals surface area contributed by atoms with Crippen LogP contribution in [0.15, 0.2) is 47.5 Å². The average molecular weight is 426 g/mol. The predicted octanol–water partition coefficient (Wildman–Crippen LogP) is 2.53. The molecule has 0 bridgehead atoms. The van der Waals surface area contributed by atoms with Crippen LogP contribution in [0.25, 0.3) is 0 Å². The number of carbonyl (C=O) groups is 1. The number of hydrogen-bond acceptors (Lipinski definition) is 8. The third-order valence-electron chi connectivity index (χ3n) is 5.55. The summed E-state index contributed by atoms with van der Waals surface area (Å²) < 4.78 is 16.1. The number of hydroxylamine groups is 2. The average Bonchev–Trinajstić information content (AvgIpc) is 3.41. The normalized spacial score (nSPS) is 22.2. The minimum Gasteiger partial charge on any atom is -0.497 e. The topological polar surface area (TPSA) is 107 Å². The molecule has 2 aromatic carbocycles. The Morgan fingerprint density at radius 2 is 1.94 bits per heavy atom. The van der Waals surface area contributed by atoms with Gasteiger partial charge in [-0.2, -0.15) is 5.06 Å². The molecule has 9 heteroatoms. The van der Waals surface area contributed by atoms with Gasteiger partial charge in [-0.25, -0.2) is 9.79 Å². The highest BCUT2D eigenvalue weighted by atomic mass is 16.7. The van der Waals surface area contributed by atoms with E-state index in [0.717, 1.165) is 11.1 Å². The Morgan fingerprint density at radius 3 is 2.65 bits per heavy atom. The fourth-order valence-corrected chi connectivity index (χ4v) is 4.14. The molecule has 1 fully saturated rings. The minimum absolute atomic E-state index is 0.141. The van der Waals surface area contributed by atoms with Crippen LogP contribution in [0.4, 0.5) is 0 Å². The molecular formula is C22H22N2O7. The van der Waals surface area contributed by atoms with Gasteiger partial charge >= 0.3 is 5.97 Å². The number of aliphatic carboxylic acids is 1. The first-order valence-electron chi connectivity index (χ1n) is 9.82. The van der Waals surface area contributed by atoms with Gasteiger partial charge in [-0.1, -0.05) is 18.2 Å². The molecule has 162 valence electrons. The van der Waals surface area contributed by atoms with Gasteiger partial charge in [0, 0.05) is 12.5 Å². The van der Waals surface area contributed by atoms with Crippen molar-refractivity contribution in [3.05, 3.63) is 53.6 Å². The number of aliphatic imine (C=N–C) groups is 1. The lowest BCUT2D eigenvalue weighted by Gasteiger charge is -2.26. The number of hydrogen-bond donors (Lipinski definition) is 1. The number of rotatable bonds is 8. The maximum Gasteiger partial charge on any atom is 0.309 e. The highest BCUT2D eigenvalue weighted by Crippen LogP contribution is 2.47. The van der Waals surface area contributed by atoms with Crippen molar-refractivity contribution in [3.8, 4) is 17.2 Å². The lowest BCUT2D eigenvalue weighted by atomic mass is 9.83. The van der Waals surface area contributed by atoms with Gasteiger partial charge in [0.25, 0.3) is 0 Å². The van der Waals surface area contributed by atoms with Crippen LogP contribution >= 0.6 is 0 Å². The second kappa shape index (κ2) is 9.18. The molecule has 2 aliphatic heterocycles. The van der Waals surface area contributed by atoms with Crippen LogP contribution in [0.3, 0.4) is 0 Å². The van der Waals surface area contributed by atoms with Gasteiger partial charge in [-0.15, -0.1) is 0 Å².